The standard InChI is InChI=1S/C25H25F5N8O2/c1-40-17-6-15(26)14(5-16(17)27)12-4-13(8-38-11-36-19-22(31)34-10-35-24(19)38)23(33-7-12)37-3-2-18(28)25(32,9-37)20(39)21(29)30/h4-7,10-11,18,20-21,39H,2-3,8-9,32H2,1H3,(H2,31,34,35)/t18?,20-,25+/m1/s1. The molecule has 40 heavy (non-hydrogen) atoms. The molecule has 0 saturated carbocycles. The van der Waals surface area contributed by atoms with Gasteiger partial charge in [0.05, 0.1) is 25.5 Å². The van der Waals surface area contributed by atoms with E-state index in [-0.39, 0.29) is 48.0 Å². The predicted molar refractivity (Wildman–Crippen MR) is 136 cm³/mol. The highest BCUT2D eigenvalue weighted by Crippen LogP contribution is 2.35. The number of hydrogen-bond acceptors (Lipinski definition) is 9. The molecule has 1 aromatic carbocycles. The molecule has 0 aliphatic carbocycles. The fourth-order valence-electron chi connectivity index (χ4n) is 4.90. The quantitative estimate of drug-likeness (QED) is 0.289. The summed E-state index contributed by atoms with van der Waals surface area (Å²) in [6, 6.07) is 3.40. The minimum atomic E-state index is -3.27. The molecule has 5 N–H and O–H groups in total. The van der Waals surface area contributed by atoms with E-state index in [1.807, 2.05) is 0 Å². The number of halogens is 5. The fourth-order valence-corrected chi connectivity index (χ4v) is 4.90. The van der Waals surface area contributed by atoms with Gasteiger partial charge in [-0.3, -0.25) is 0 Å². The van der Waals surface area contributed by atoms with Gasteiger partial charge in [0.2, 0.25) is 0 Å². The number of hydrogen-bond donors (Lipinski definition) is 3. The number of aliphatic hydroxyl groups is 1. The maximum atomic E-state index is 14.9. The Morgan fingerprint density at radius 3 is 2.65 bits per heavy atom. The zero-order valence-electron chi connectivity index (χ0n) is 21.1. The summed E-state index contributed by atoms with van der Waals surface area (Å²) in [5, 5.41) is 10.1. The molecule has 0 radical (unpaired) electrons. The van der Waals surface area contributed by atoms with Gasteiger partial charge in [-0.05, 0) is 18.6 Å². The van der Waals surface area contributed by atoms with Crippen LogP contribution in [0.2, 0.25) is 0 Å². The Hall–Kier alpha value is -4.11. The number of alkyl halides is 3. The lowest BCUT2D eigenvalue weighted by Crippen LogP contribution is -2.69. The third kappa shape index (κ3) is 4.75. The van der Waals surface area contributed by atoms with E-state index in [9.17, 15) is 27.1 Å². The molecule has 1 aliphatic rings. The maximum absolute atomic E-state index is 14.9. The van der Waals surface area contributed by atoms with Gasteiger partial charge in [-0.1, -0.05) is 0 Å². The lowest BCUT2D eigenvalue weighted by atomic mass is 9.82. The zero-order chi connectivity index (χ0) is 28.8. The molecule has 0 amide bonds. The number of aromatic nitrogens is 5. The van der Waals surface area contributed by atoms with Crippen LogP contribution in [0.25, 0.3) is 22.3 Å². The smallest absolute Gasteiger partial charge is 0.266 e. The summed E-state index contributed by atoms with van der Waals surface area (Å²) in [6.45, 7) is -0.418. The first kappa shape index (κ1) is 27.5. The van der Waals surface area contributed by atoms with Crippen molar-refractivity contribution in [3.05, 3.63) is 54.2 Å². The van der Waals surface area contributed by atoms with Crippen LogP contribution in [0.4, 0.5) is 33.6 Å². The summed E-state index contributed by atoms with van der Waals surface area (Å²) >= 11 is 0. The first-order valence-corrected chi connectivity index (χ1v) is 12.1. The molecule has 5 rings (SSSR count). The second kappa shape index (κ2) is 10.5. The minimum Gasteiger partial charge on any atom is -0.494 e. The van der Waals surface area contributed by atoms with E-state index in [1.54, 1.807) is 4.57 Å². The van der Waals surface area contributed by atoms with Crippen molar-refractivity contribution in [1.82, 2.24) is 24.5 Å². The molecule has 10 nitrogen and oxygen atoms in total. The van der Waals surface area contributed by atoms with Gasteiger partial charge in [-0.15, -0.1) is 0 Å². The number of methoxy groups -OCH3 is 1. The number of fused-ring (bicyclic) bond motifs is 1. The van der Waals surface area contributed by atoms with Crippen molar-refractivity contribution in [3.8, 4) is 16.9 Å². The summed E-state index contributed by atoms with van der Waals surface area (Å²) in [6.07, 6.45) is -3.88. The molecule has 1 unspecified atom stereocenters. The van der Waals surface area contributed by atoms with Crippen molar-refractivity contribution < 1.29 is 31.8 Å². The van der Waals surface area contributed by atoms with Crippen LogP contribution in [0.15, 0.2) is 37.1 Å². The van der Waals surface area contributed by atoms with Crippen LogP contribution < -0.4 is 21.1 Å². The number of nitrogens with two attached hydrogens (primary N) is 2. The van der Waals surface area contributed by atoms with Crippen molar-refractivity contribution in [2.45, 2.75) is 37.2 Å². The number of imidazole rings is 1. The minimum absolute atomic E-state index is 0.0217. The number of anilines is 2. The van der Waals surface area contributed by atoms with Gasteiger partial charge in [0.15, 0.2) is 23.0 Å². The summed E-state index contributed by atoms with van der Waals surface area (Å²) < 4.78 is 77.4. The summed E-state index contributed by atoms with van der Waals surface area (Å²) in [5.74, 6) is -1.49. The van der Waals surface area contributed by atoms with Crippen LogP contribution in [0.3, 0.4) is 0 Å². The van der Waals surface area contributed by atoms with Gasteiger partial charge in [-0.25, -0.2) is 41.9 Å². The Kier molecular flexibility index (Phi) is 7.18. The van der Waals surface area contributed by atoms with E-state index in [2.05, 4.69) is 19.9 Å². The van der Waals surface area contributed by atoms with Crippen molar-refractivity contribution in [1.29, 1.82) is 0 Å². The van der Waals surface area contributed by atoms with Crippen LogP contribution >= 0.6 is 0 Å². The Bertz CT molecular complexity index is 1550. The predicted octanol–water partition coefficient (Wildman–Crippen LogP) is 2.68. The Balaban J connectivity index is 1.61. The second-order valence-electron chi connectivity index (χ2n) is 9.55. The first-order valence-electron chi connectivity index (χ1n) is 12.1. The van der Waals surface area contributed by atoms with Gasteiger partial charge in [0.1, 0.15) is 35.8 Å². The highest BCUT2D eigenvalue weighted by molar-refractivity contribution is 5.81. The number of nitrogens with zero attached hydrogens (tertiary/aromatic N) is 6. The van der Waals surface area contributed by atoms with Crippen molar-refractivity contribution >= 4 is 22.8 Å². The molecule has 4 aromatic rings. The topological polar surface area (TPSA) is 141 Å². The van der Waals surface area contributed by atoms with Crippen molar-refractivity contribution in [3.63, 3.8) is 0 Å². The third-order valence-corrected chi connectivity index (χ3v) is 7.05. The SMILES string of the molecule is COc1cc(F)c(-c2cnc(N3CCC(F)[C@](N)([C@H](O)C(F)F)C3)c(Cn3cnc4c(N)ncnc43)c2)cc1F. The summed E-state index contributed by atoms with van der Waals surface area (Å²) in [4.78, 5) is 18.3. The summed E-state index contributed by atoms with van der Waals surface area (Å²) in [7, 11) is 1.21. The average Bonchev–Trinajstić information content (AvgIpc) is 3.34. The van der Waals surface area contributed by atoms with Gasteiger partial charge in [0, 0.05) is 42.0 Å². The number of ether oxygens (including phenoxy) is 1. The van der Waals surface area contributed by atoms with Crippen LogP contribution in [0.5, 0.6) is 5.75 Å². The number of aliphatic hydroxyl groups excluding tert-OH is 1. The van der Waals surface area contributed by atoms with Crippen LogP contribution in [-0.4, -0.2) is 74.0 Å². The maximum Gasteiger partial charge on any atom is 0.266 e. The average molecular weight is 565 g/mol. The number of nitrogen functional groups attached to an aromatic ring is 1. The van der Waals surface area contributed by atoms with Crippen molar-refractivity contribution in [2.75, 3.05) is 30.8 Å². The Labute approximate surface area is 224 Å². The summed E-state index contributed by atoms with van der Waals surface area (Å²) in [5.41, 5.74) is 10.8. The number of piperidine rings is 1. The molecule has 1 aliphatic heterocycles. The molecule has 1 saturated heterocycles. The normalized spacial score (nSPS) is 20.3. The highest BCUT2D eigenvalue weighted by atomic mass is 19.3. The van der Waals surface area contributed by atoms with E-state index in [0.29, 0.717) is 16.7 Å². The van der Waals surface area contributed by atoms with Gasteiger partial charge in [-0.2, -0.15) is 0 Å². The van der Waals surface area contributed by atoms with E-state index in [4.69, 9.17) is 16.2 Å². The van der Waals surface area contributed by atoms with E-state index >= 15 is 0 Å². The number of rotatable bonds is 7. The van der Waals surface area contributed by atoms with Crippen LogP contribution in [0.1, 0.15) is 12.0 Å². The number of benzene rings is 1. The van der Waals surface area contributed by atoms with E-state index in [0.717, 1.165) is 12.1 Å². The first-order chi connectivity index (χ1) is 19.0. The van der Waals surface area contributed by atoms with Crippen molar-refractivity contribution in [2.24, 2.45) is 5.73 Å². The largest absolute Gasteiger partial charge is 0.494 e. The molecule has 4 heterocycles. The zero-order valence-corrected chi connectivity index (χ0v) is 21.1. The number of pyridine rings is 1. The lowest BCUT2D eigenvalue weighted by molar-refractivity contribution is -0.0748. The molecular formula is C25H25F5N8O2. The van der Waals surface area contributed by atoms with Gasteiger partial charge < -0.3 is 30.8 Å². The molecule has 0 spiro atoms. The van der Waals surface area contributed by atoms with Crippen LogP contribution in [0, 0.1) is 11.6 Å². The molecule has 212 valence electrons. The van der Waals surface area contributed by atoms with E-state index in [1.165, 1.54) is 36.9 Å². The Morgan fingerprint density at radius 2 is 1.93 bits per heavy atom. The molecular weight excluding hydrogens is 539 g/mol. The van der Waals surface area contributed by atoms with Gasteiger partial charge >= 0.3 is 0 Å². The second-order valence-corrected chi connectivity index (χ2v) is 9.55. The van der Waals surface area contributed by atoms with Crippen LogP contribution in [-0.2, 0) is 6.54 Å². The van der Waals surface area contributed by atoms with Gasteiger partial charge in [0.25, 0.3) is 6.43 Å². The molecule has 0 bridgehead atoms. The monoisotopic (exact) mass is 564 g/mol. The molecule has 3 aromatic heterocycles. The third-order valence-electron chi connectivity index (χ3n) is 7.05. The van der Waals surface area contributed by atoms with E-state index < -0.39 is 42.4 Å². The molecule has 1 fully saturated rings. The highest BCUT2D eigenvalue weighted by Gasteiger charge is 2.50. The Morgan fingerprint density at radius 1 is 1.15 bits per heavy atom. The molecule has 15 heteroatoms. The lowest BCUT2D eigenvalue weighted by Gasteiger charge is -2.45. The molecule has 3 atom stereocenters. The fraction of sp³-hybridized carbons (Fsp3) is 0.360.